The molecule has 19 heavy (non-hydrogen) atoms. The van der Waals surface area contributed by atoms with Crippen LogP contribution in [0.2, 0.25) is 0 Å². The molecule has 1 N–H and O–H groups in total. The van der Waals surface area contributed by atoms with E-state index in [-0.39, 0.29) is 17.7 Å². The molecule has 0 amide bonds. The van der Waals surface area contributed by atoms with Crippen LogP contribution < -0.4 is 5.32 Å². The second kappa shape index (κ2) is 4.60. The van der Waals surface area contributed by atoms with Gasteiger partial charge >= 0.3 is 0 Å². The number of aryl methyl sites for hydroxylation is 2. The van der Waals surface area contributed by atoms with Crippen molar-refractivity contribution in [3.63, 3.8) is 0 Å². The lowest BCUT2D eigenvalue weighted by Crippen LogP contribution is -2.36. The van der Waals surface area contributed by atoms with Crippen molar-refractivity contribution in [2.24, 2.45) is 5.92 Å². The molecule has 0 radical (unpaired) electrons. The van der Waals surface area contributed by atoms with E-state index in [4.69, 9.17) is 0 Å². The van der Waals surface area contributed by atoms with Gasteiger partial charge in [0, 0.05) is 6.04 Å². The van der Waals surface area contributed by atoms with E-state index in [0.29, 0.717) is 4.90 Å². The van der Waals surface area contributed by atoms with Gasteiger partial charge in [-0.05, 0) is 54.5 Å². The van der Waals surface area contributed by atoms with Crippen LogP contribution in [0.15, 0.2) is 17.0 Å². The summed E-state index contributed by atoms with van der Waals surface area (Å²) in [6.45, 7) is 4.97. The maximum Gasteiger partial charge on any atom is 0.179 e. The standard InChI is InChI=1S/C15H21NO2S/c1-3-16-15-10(2)9-19(17,18)14-8-12-6-4-5-11(12)7-13(14)15/h7-8,10,15-16H,3-6,9H2,1-2H3. The first-order valence-electron chi connectivity index (χ1n) is 7.14. The first-order valence-corrected chi connectivity index (χ1v) is 8.80. The molecule has 1 aromatic rings. The highest BCUT2D eigenvalue weighted by Gasteiger charge is 2.36. The molecule has 1 aliphatic heterocycles. The summed E-state index contributed by atoms with van der Waals surface area (Å²) in [6, 6.07) is 4.27. The minimum Gasteiger partial charge on any atom is -0.310 e. The van der Waals surface area contributed by atoms with Gasteiger partial charge < -0.3 is 5.32 Å². The lowest BCUT2D eigenvalue weighted by atomic mass is 9.92. The molecule has 2 aliphatic rings. The Kier molecular flexibility index (Phi) is 3.18. The third-order valence-corrected chi connectivity index (χ3v) is 6.36. The average Bonchev–Trinajstić information content (AvgIpc) is 2.79. The predicted molar refractivity (Wildman–Crippen MR) is 76.1 cm³/mol. The van der Waals surface area contributed by atoms with Gasteiger partial charge in [0.2, 0.25) is 0 Å². The molecule has 4 heteroatoms. The Hall–Kier alpha value is -0.870. The number of benzene rings is 1. The van der Waals surface area contributed by atoms with Crippen LogP contribution in [0.3, 0.4) is 0 Å². The van der Waals surface area contributed by atoms with Crippen molar-refractivity contribution in [3.05, 3.63) is 28.8 Å². The van der Waals surface area contributed by atoms with E-state index >= 15 is 0 Å². The maximum atomic E-state index is 12.4. The van der Waals surface area contributed by atoms with Crippen LogP contribution in [0.4, 0.5) is 0 Å². The Morgan fingerprint density at radius 3 is 2.63 bits per heavy atom. The molecule has 1 heterocycles. The summed E-state index contributed by atoms with van der Waals surface area (Å²) < 4.78 is 24.8. The number of fused-ring (bicyclic) bond motifs is 2. The smallest absolute Gasteiger partial charge is 0.179 e. The number of hydrogen-bond acceptors (Lipinski definition) is 3. The molecule has 1 aliphatic carbocycles. The Bertz CT molecular complexity index is 607. The van der Waals surface area contributed by atoms with Crippen molar-refractivity contribution in [1.29, 1.82) is 0 Å². The van der Waals surface area contributed by atoms with Gasteiger partial charge in [0.05, 0.1) is 10.6 Å². The topological polar surface area (TPSA) is 46.2 Å². The number of rotatable bonds is 2. The molecule has 0 spiro atoms. The molecule has 1 aromatic carbocycles. The van der Waals surface area contributed by atoms with E-state index in [1.807, 2.05) is 13.0 Å². The fourth-order valence-corrected chi connectivity index (χ4v) is 5.43. The van der Waals surface area contributed by atoms with E-state index in [1.54, 1.807) is 0 Å². The van der Waals surface area contributed by atoms with Gasteiger partial charge in [-0.1, -0.05) is 19.9 Å². The molecule has 0 bridgehead atoms. The summed E-state index contributed by atoms with van der Waals surface area (Å²) in [5.41, 5.74) is 3.60. The number of hydrogen-bond donors (Lipinski definition) is 1. The molecule has 0 fully saturated rings. The van der Waals surface area contributed by atoms with Gasteiger partial charge in [-0.15, -0.1) is 0 Å². The highest BCUT2D eigenvalue weighted by Crippen LogP contribution is 2.39. The Morgan fingerprint density at radius 1 is 1.26 bits per heavy atom. The van der Waals surface area contributed by atoms with Crippen molar-refractivity contribution in [2.45, 2.75) is 44.0 Å². The molecule has 0 saturated heterocycles. The van der Waals surface area contributed by atoms with Crippen LogP contribution in [-0.2, 0) is 22.7 Å². The van der Waals surface area contributed by atoms with E-state index < -0.39 is 9.84 Å². The first-order chi connectivity index (χ1) is 9.03. The Morgan fingerprint density at radius 2 is 1.95 bits per heavy atom. The molecule has 3 nitrogen and oxygen atoms in total. The molecule has 3 rings (SSSR count). The van der Waals surface area contributed by atoms with E-state index in [2.05, 4.69) is 18.3 Å². The van der Waals surface area contributed by atoms with Crippen molar-refractivity contribution in [2.75, 3.05) is 12.3 Å². The van der Waals surface area contributed by atoms with Gasteiger partial charge in [-0.3, -0.25) is 0 Å². The van der Waals surface area contributed by atoms with Crippen LogP contribution in [0, 0.1) is 5.92 Å². The monoisotopic (exact) mass is 279 g/mol. The van der Waals surface area contributed by atoms with Crippen molar-refractivity contribution < 1.29 is 8.42 Å². The van der Waals surface area contributed by atoms with Crippen LogP contribution in [0.25, 0.3) is 0 Å². The molecule has 0 saturated carbocycles. The fourth-order valence-electron chi connectivity index (χ4n) is 3.50. The second-order valence-electron chi connectivity index (χ2n) is 5.81. The van der Waals surface area contributed by atoms with Gasteiger partial charge in [0.1, 0.15) is 0 Å². The van der Waals surface area contributed by atoms with Gasteiger partial charge in [0.15, 0.2) is 9.84 Å². The molecule has 2 atom stereocenters. The van der Waals surface area contributed by atoms with Crippen molar-refractivity contribution >= 4 is 9.84 Å². The van der Waals surface area contributed by atoms with Crippen molar-refractivity contribution in [3.8, 4) is 0 Å². The first kappa shape index (κ1) is 13.1. The second-order valence-corrected chi connectivity index (χ2v) is 7.81. The van der Waals surface area contributed by atoms with Crippen molar-refractivity contribution in [1.82, 2.24) is 5.32 Å². The van der Waals surface area contributed by atoms with Gasteiger partial charge in [0.25, 0.3) is 0 Å². The lowest BCUT2D eigenvalue weighted by Gasteiger charge is -2.32. The lowest BCUT2D eigenvalue weighted by molar-refractivity contribution is 0.403. The average molecular weight is 279 g/mol. The summed E-state index contributed by atoms with van der Waals surface area (Å²) in [6.07, 6.45) is 3.27. The SMILES string of the molecule is CCNC1c2cc3c(cc2S(=O)(=O)CC1C)CCC3. The zero-order chi connectivity index (χ0) is 13.6. The molecule has 2 unspecified atom stereocenters. The van der Waals surface area contributed by atoms with Gasteiger partial charge in [-0.25, -0.2) is 8.42 Å². The zero-order valence-electron chi connectivity index (χ0n) is 11.6. The highest BCUT2D eigenvalue weighted by molar-refractivity contribution is 7.91. The third-order valence-electron chi connectivity index (χ3n) is 4.37. The number of nitrogens with one attached hydrogen (secondary N) is 1. The molecular formula is C15H21NO2S. The van der Waals surface area contributed by atoms with E-state index in [9.17, 15) is 8.42 Å². The predicted octanol–water partition coefficient (Wildman–Crippen LogP) is 2.25. The van der Waals surface area contributed by atoms with Crippen LogP contribution in [0.1, 0.15) is 43.0 Å². The van der Waals surface area contributed by atoms with E-state index in [1.165, 1.54) is 11.1 Å². The summed E-state index contributed by atoms with van der Waals surface area (Å²) in [5.74, 6) is 0.396. The summed E-state index contributed by atoms with van der Waals surface area (Å²) in [4.78, 5) is 0.581. The van der Waals surface area contributed by atoms with Crippen LogP contribution in [0.5, 0.6) is 0 Å². The fraction of sp³-hybridized carbons (Fsp3) is 0.600. The van der Waals surface area contributed by atoms with Crippen LogP contribution in [-0.4, -0.2) is 20.7 Å². The largest absolute Gasteiger partial charge is 0.310 e. The Labute approximate surface area is 115 Å². The summed E-state index contributed by atoms with van der Waals surface area (Å²) in [5, 5.41) is 3.45. The summed E-state index contributed by atoms with van der Waals surface area (Å²) >= 11 is 0. The number of sulfone groups is 1. The normalized spacial score (nSPS) is 27.9. The Balaban J connectivity index is 2.18. The third kappa shape index (κ3) is 2.11. The molecule has 104 valence electrons. The molecule has 0 aromatic heterocycles. The van der Waals surface area contributed by atoms with Gasteiger partial charge in [-0.2, -0.15) is 0 Å². The molecular weight excluding hydrogens is 258 g/mol. The maximum absolute atomic E-state index is 12.4. The zero-order valence-corrected chi connectivity index (χ0v) is 12.4. The summed E-state index contributed by atoms with van der Waals surface area (Å²) in [7, 11) is -3.10. The minimum atomic E-state index is -3.10. The minimum absolute atomic E-state index is 0.136. The highest BCUT2D eigenvalue weighted by atomic mass is 32.2. The van der Waals surface area contributed by atoms with Crippen LogP contribution >= 0.6 is 0 Å². The van der Waals surface area contributed by atoms with E-state index in [0.717, 1.165) is 31.4 Å². The quantitative estimate of drug-likeness (QED) is 0.903.